The molecule has 1 N–H and O–H groups in total. The number of anilines is 1. The number of alkyl halides is 3. The van der Waals surface area contributed by atoms with E-state index in [4.69, 9.17) is 11.6 Å². The van der Waals surface area contributed by atoms with Gasteiger partial charge in [-0.05, 0) is 18.2 Å². The number of hydrogen-bond acceptors (Lipinski definition) is 2. The fourth-order valence-corrected chi connectivity index (χ4v) is 2.60. The van der Waals surface area contributed by atoms with E-state index in [9.17, 15) is 21.6 Å². The molecule has 0 saturated carbocycles. The summed E-state index contributed by atoms with van der Waals surface area (Å²) in [4.78, 5) is 0. The summed E-state index contributed by atoms with van der Waals surface area (Å²) in [6.45, 7) is 1.67. The van der Waals surface area contributed by atoms with Crippen molar-refractivity contribution in [3.8, 4) is 0 Å². The normalized spacial score (nSPS) is 12.5. The summed E-state index contributed by atoms with van der Waals surface area (Å²) in [5, 5.41) is -0.0861. The number of benzene rings is 1. The molecule has 0 amide bonds. The van der Waals surface area contributed by atoms with E-state index >= 15 is 0 Å². The summed E-state index contributed by atoms with van der Waals surface area (Å²) in [6, 6.07) is 2.49. The Hall–Kier alpha value is -0.990. The van der Waals surface area contributed by atoms with E-state index in [1.54, 1.807) is 6.92 Å². The third-order valence-corrected chi connectivity index (χ3v) is 4.19. The van der Waals surface area contributed by atoms with Gasteiger partial charge in [0.25, 0.3) is 0 Å². The van der Waals surface area contributed by atoms with Crippen LogP contribution in [0, 0.1) is 0 Å². The molecule has 108 valence electrons. The maximum absolute atomic E-state index is 12.6. The minimum atomic E-state index is -4.57. The van der Waals surface area contributed by atoms with Crippen LogP contribution >= 0.6 is 11.6 Å². The third kappa shape index (κ3) is 3.74. The Balaban J connectivity index is 3.27. The highest BCUT2D eigenvalue weighted by Crippen LogP contribution is 2.35. The molecule has 0 bridgehead atoms. The smallest absolute Gasteiger partial charge is 0.259 e. The third-order valence-electron chi connectivity index (χ3n) is 2.30. The molecule has 0 aliphatic carbocycles. The zero-order valence-corrected chi connectivity index (χ0v) is 11.7. The van der Waals surface area contributed by atoms with Crippen molar-refractivity contribution in [2.75, 3.05) is 17.9 Å². The maximum atomic E-state index is 12.6. The summed E-state index contributed by atoms with van der Waals surface area (Å²) in [5.74, 6) is 0. The number of hydrogen-bond donors (Lipinski definition) is 1. The van der Waals surface area contributed by atoms with E-state index < -0.39 is 21.9 Å². The summed E-state index contributed by atoms with van der Waals surface area (Å²) in [6.07, 6.45) is -4.57. The molecule has 4 nitrogen and oxygen atoms in total. The van der Waals surface area contributed by atoms with Gasteiger partial charge in [0.05, 0.1) is 16.3 Å². The molecule has 1 rings (SSSR count). The summed E-state index contributed by atoms with van der Waals surface area (Å²) in [7, 11) is -2.79. The van der Waals surface area contributed by atoms with Crippen LogP contribution in [0.15, 0.2) is 18.2 Å². The van der Waals surface area contributed by atoms with E-state index in [1.807, 2.05) is 0 Å². The van der Waals surface area contributed by atoms with Crippen molar-refractivity contribution >= 4 is 27.5 Å². The highest BCUT2D eigenvalue weighted by atomic mass is 35.5. The molecule has 1 aromatic carbocycles. The van der Waals surface area contributed by atoms with E-state index in [0.717, 1.165) is 19.2 Å². The molecule has 0 heterocycles. The van der Waals surface area contributed by atoms with Gasteiger partial charge in [-0.3, -0.25) is 4.31 Å². The second-order valence-corrected chi connectivity index (χ2v) is 5.83. The van der Waals surface area contributed by atoms with Gasteiger partial charge >= 0.3 is 16.4 Å². The predicted molar refractivity (Wildman–Crippen MR) is 67.5 cm³/mol. The standard InChI is InChI=1S/C10H12ClF3N2O2S/c1-3-15-19(17,18)16(2)9-6-7(10(12,13)14)4-5-8(9)11/h4-6,15H,3H2,1-2H3. The van der Waals surface area contributed by atoms with E-state index in [0.29, 0.717) is 10.4 Å². The molecule has 0 unspecified atom stereocenters. The van der Waals surface area contributed by atoms with Crippen molar-refractivity contribution in [3.05, 3.63) is 28.8 Å². The van der Waals surface area contributed by atoms with Crippen LogP contribution in [-0.4, -0.2) is 22.0 Å². The van der Waals surface area contributed by atoms with Crippen LogP contribution in [0.25, 0.3) is 0 Å². The lowest BCUT2D eigenvalue weighted by atomic mass is 10.2. The number of nitrogens with one attached hydrogen (secondary N) is 1. The highest BCUT2D eigenvalue weighted by molar-refractivity contribution is 7.90. The lowest BCUT2D eigenvalue weighted by Crippen LogP contribution is -2.38. The van der Waals surface area contributed by atoms with Gasteiger partial charge in [-0.15, -0.1) is 0 Å². The van der Waals surface area contributed by atoms with Crippen LogP contribution < -0.4 is 9.03 Å². The lowest BCUT2D eigenvalue weighted by molar-refractivity contribution is -0.137. The van der Waals surface area contributed by atoms with Crippen LogP contribution in [-0.2, 0) is 16.4 Å². The molecule has 9 heteroatoms. The second kappa shape index (κ2) is 5.56. The molecular formula is C10H12ClF3N2O2S. The van der Waals surface area contributed by atoms with E-state index in [2.05, 4.69) is 4.72 Å². The first-order valence-corrected chi connectivity index (χ1v) is 7.01. The van der Waals surface area contributed by atoms with Gasteiger partial charge in [0.2, 0.25) is 0 Å². The van der Waals surface area contributed by atoms with Gasteiger partial charge in [0.15, 0.2) is 0 Å². The van der Waals surface area contributed by atoms with Gasteiger partial charge in [-0.25, -0.2) is 0 Å². The summed E-state index contributed by atoms with van der Waals surface area (Å²) in [5.41, 5.74) is -1.21. The minimum Gasteiger partial charge on any atom is -0.259 e. The highest BCUT2D eigenvalue weighted by Gasteiger charge is 2.32. The van der Waals surface area contributed by atoms with Crippen LogP contribution in [0.4, 0.5) is 18.9 Å². The first-order valence-electron chi connectivity index (χ1n) is 5.20. The SMILES string of the molecule is CCNS(=O)(=O)N(C)c1cc(C(F)(F)F)ccc1Cl. The average Bonchev–Trinajstić information content (AvgIpc) is 2.27. The van der Waals surface area contributed by atoms with Crippen LogP contribution in [0.3, 0.4) is 0 Å². The lowest BCUT2D eigenvalue weighted by Gasteiger charge is -2.21. The first kappa shape index (κ1) is 16.1. The van der Waals surface area contributed by atoms with Crippen LogP contribution in [0.5, 0.6) is 0 Å². The van der Waals surface area contributed by atoms with Gasteiger partial charge in [0, 0.05) is 13.6 Å². The Bertz CT molecular complexity index is 560. The zero-order valence-electron chi connectivity index (χ0n) is 10.1. The molecule has 0 fully saturated rings. The monoisotopic (exact) mass is 316 g/mol. The molecule has 0 aromatic heterocycles. The summed E-state index contributed by atoms with van der Waals surface area (Å²) < 4.78 is 64.0. The molecule has 0 spiro atoms. The van der Waals surface area contributed by atoms with Crippen molar-refractivity contribution in [1.29, 1.82) is 0 Å². The molecule has 19 heavy (non-hydrogen) atoms. The van der Waals surface area contributed by atoms with Crippen molar-refractivity contribution < 1.29 is 21.6 Å². The second-order valence-electron chi connectivity index (χ2n) is 3.63. The molecule has 0 saturated heterocycles. The van der Waals surface area contributed by atoms with E-state index in [1.165, 1.54) is 0 Å². The van der Waals surface area contributed by atoms with Gasteiger partial charge in [0.1, 0.15) is 0 Å². The Labute approximate surface area is 114 Å². The minimum absolute atomic E-state index is 0.0861. The molecule has 0 atom stereocenters. The Morgan fingerprint density at radius 2 is 1.95 bits per heavy atom. The Morgan fingerprint density at radius 3 is 2.42 bits per heavy atom. The molecule has 1 aromatic rings. The maximum Gasteiger partial charge on any atom is 0.416 e. The van der Waals surface area contributed by atoms with Gasteiger partial charge < -0.3 is 0 Å². The molecule has 0 aliphatic heterocycles. The first-order chi connectivity index (χ1) is 8.59. The number of nitrogens with zero attached hydrogens (tertiary/aromatic N) is 1. The molecule has 0 radical (unpaired) electrons. The van der Waals surface area contributed by atoms with Crippen LogP contribution in [0.1, 0.15) is 12.5 Å². The van der Waals surface area contributed by atoms with E-state index in [-0.39, 0.29) is 17.3 Å². The van der Waals surface area contributed by atoms with Gasteiger partial charge in [-0.1, -0.05) is 18.5 Å². The van der Waals surface area contributed by atoms with Crippen molar-refractivity contribution in [1.82, 2.24) is 4.72 Å². The zero-order chi connectivity index (χ0) is 14.8. The number of halogens is 4. The fraction of sp³-hybridized carbons (Fsp3) is 0.400. The predicted octanol–water partition coefficient (Wildman–Crippen LogP) is 2.65. The van der Waals surface area contributed by atoms with Gasteiger partial charge in [-0.2, -0.15) is 26.3 Å². The Morgan fingerprint density at radius 1 is 1.37 bits per heavy atom. The van der Waals surface area contributed by atoms with Crippen LogP contribution in [0.2, 0.25) is 5.02 Å². The quantitative estimate of drug-likeness (QED) is 0.928. The largest absolute Gasteiger partial charge is 0.416 e. The Kier molecular flexibility index (Phi) is 4.70. The van der Waals surface area contributed by atoms with Crippen molar-refractivity contribution in [3.63, 3.8) is 0 Å². The van der Waals surface area contributed by atoms with Crippen molar-refractivity contribution in [2.45, 2.75) is 13.1 Å². The molecular weight excluding hydrogens is 305 g/mol. The summed E-state index contributed by atoms with van der Waals surface area (Å²) >= 11 is 5.75. The topological polar surface area (TPSA) is 49.4 Å². The van der Waals surface area contributed by atoms with Crippen molar-refractivity contribution in [2.24, 2.45) is 0 Å². The average molecular weight is 317 g/mol. The fourth-order valence-electron chi connectivity index (χ4n) is 1.34. The number of rotatable bonds is 4. The molecule has 0 aliphatic rings.